The van der Waals surface area contributed by atoms with Gasteiger partial charge in [-0.25, -0.2) is 0 Å². The topological polar surface area (TPSA) is 20.3 Å². The Labute approximate surface area is 94.4 Å². The summed E-state index contributed by atoms with van der Waals surface area (Å²) in [5.41, 5.74) is 1.11. The zero-order valence-corrected chi connectivity index (χ0v) is 9.67. The Morgan fingerprint density at radius 3 is 2.64 bits per heavy atom. The first-order valence-electron chi connectivity index (χ1n) is 4.30. The van der Waals surface area contributed by atoms with Crippen molar-refractivity contribution in [3.05, 3.63) is 35.9 Å². The normalized spacial score (nSPS) is 12.8. The van der Waals surface area contributed by atoms with Crippen LogP contribution in [0.25, 0.3) is 0 Å². The maximum atomic E-state index is 10.5. The molecule has 0 aromatic heterocycles. The highest BCUT2D eigenvalue weighted by Crippen LogP contribution is 2.29. The minimum absolute atomic E-state index is 0.0482. The summed E-state index contributed by atoms with van der Waals surface area (Å²) in [5, 5.41) is 0. The van der Waals surface area contributed by atoms with Gasteiger partial charge in [-0.15, -0.1) is 0 Å². The first kappa shape index (κ1) is 11.6. The molecule has 0 aliphatic carbocycles. The Bertz CT molecular complexity index is 279. The summed E-state index contributed by atoms with van der Waals surface area (Å²) in [7, 11) is 0. The monoisotopic (exact) mass is 227 g/mol. The molecule has 0 radical (unpaired) electrons. The average molecular weight is 227 g/mol. The number of nitrogens with zero attached hydrogens (tertiary/aromatic N) is 1. The molecule has 2 nitrogen and oxygen atoms in total. The molecule has 0 spiro atoms. The highest BCUT2D eigenvalue weighted by molar-refractivity contribution is 8.04. The smallest absolute Gasteiger partial charge is 0.121 e. The predicted octanol–water partition coefficient (Wildman–Crippen LogP) is 2.74. The molecule has 0 heterocycles. The minimum atomic E-state index is 0.0482. The van der Waals surface area contributed by atoms with E-state index in [9.17, 15) is 4.79 Å². The summed E-state index contributed by atoms with van der Waals surface area (Å²) in [6, 6.07) is 9.96. The molecule has 0 saturated carbocycles. The van der Waals surface area contributed by atoms with Gasteiger partial charge in [0.1, 0.15) is 6.29 Å². The van der Waals surface area contributed by atoms with Crippen LogP contribution in [0.15, 0.2) is 30.3 Å². The lowest BCUT2D eigenvalue weighted by Crippen LogP contribution is -2.13. The van der Waals surface area contributed by atoms with Gasteiger partial charge in [-0.05, 0) is 11.8 Å². The second-order valence-corrected chi connectivity index (χ2v) is 4.27. The van der Waals surface area contributed by atoms with Gasteiger partial charge in [-0.2, -0.15) is 3.71 Å². The van der Waals surface area contributed by atoms with Crippen LogP contribution in [-0.2, 0) is 4.79 Å². The van der Waals surface area contributed by atoms with Gasteiger partial charge < -0.3 is 4.79 Å². The molecule has 4 heteroatoms. The molecule has 0 aliphatic rings. The van der Waals surface area contributed by atoms with Crippen LogP contribution >= 0.6 is 24.8 Å². The minimum Gasteiger partial charge on any atom is -0.303 e. The van der Waals surface area contributed by atoms with Crippen molar-refractivity contribution in [3.8, 4) is 0 Å². The van der Waals surface area contributed by atoms with E-state index in [0.29, 0.717) is 6.42 Å². The number of rotatable bonds is 5. The Morgan fingerprint density at radius 2 is 2.14 bits per heavy atom. The van der Waals surface area contributed by atoms with Gasteiger partial charge in [-0.3, -0.25) is 0 Å². The van der Waals surface area contributed by atoms with Gasteiger partial charge >= 0.3 is 0 Å². The molecule has 0 bridgehead atoms. The Hall–Kier alpha value is -0.450. The van der Waals surface area contributed by atoms with E-state index in [2.05, 4.69) is 12.8 Å². The maximum absolute atomic E-state index is 10.5. The summed E-state index contributed by atoms with van der Waals surface area (Å²) in [5.74, 6) is 0. The van der Waals surface area contributed by atoms with E-state index in [0.717, 1.165) is 11.8 Å². The van der Waals surface area contributed by atoms with Crippen molar-refractivity contribution in [1.29, 1.82) is 0 Å². The van der Waals surface area contributed by atoms with Gasteiger partial charge in [0, 0.05) is 6.42 Å². The lowest BCUT2D eigenvalue weighted by molar-refractivity contribution is -0.108. The Kier molecular flexibility index (Phi) is 5.07. The van der Waals surface area contributed by atoms with Gasteiger partial charge in [0.2, 0.25) is 0 Å². The third-order valence-electron chi connectivity index (χ3n) is 1.96. The summed E-state index contributed by atoms with van der Waals surface area (Å²) in [6.07, 6.45) is 3.33. The molecule has 0 aliphatic heterocycles. The van der Waals surface area contributed by atoms with Crippen molar-refractivity contribution in [2.75, 3.05) is 6.26 Å². The van der Waals surface area contributed by atoms with E-state index >= 15 is 0 Å². The second-order valence-electron chi connectivity index (χ2n) is 2.81. The van der Waals surface area contributed by atoms with Crippen LogP contribution in [0.4, 0.5) is 0 Å². The van der Waals surface area contributed by atoms with E-state index in [1.807, 2.05) is 36.6 Å². The zero-order valence-electron chi connectivity index (χ0n) is 7.96. The number of carbonyl (C=O) groups is 1. The zero-order chi connectivity index (χ0) is 10.4. The van der Waals surface area contributed by atoms with Gasteiger partial charge in [0.05, 0.1) is 6.04 Å². The van der Waals surface area contributed by atoms with Crippen molar-refractivity contribution in [3.63, 3.8) is 0 Å². The van der Waals surface area contributed by atoms with Gasteiger partial charge in [0.25, 0.3) is 0 Å². The van der Waals surface area contributed by atoms with Crippen LogP contribution in [0.3, 0.4) is 0 Å². The summed E-state index contributed by atoms with van der Waals surface area (Å²) in [6.45, 7) is 0. The molecular formula is C10H13NOS2. The average Bonchev–Trinajstić information content (AvgIpc) is 2.26. The Morgan fingerprint density at radius 1 is 1.50 bits per heavy atom. The fourth-order valence-corrected chi connectivity index (χ4v) is 1.94. The molecule has 1 aromatic rings. The van der Waals surface area contributed by atoms with Crippen molar-refractivity contribution in [1.82, 2.24) is 3.71 Å². The number of hydrogen-bond acceptors (Lipinski definition) is 4. The van der Waals surface area contributed by atoms with E-state index in [1.165, 1.54) is 11.9 Å². The largest absolute Gasteiger partial charge is 0.303 e. The lowest BCUT2D eigenvalue weighted by Gasteiger charge is -2.22. The fraction of sp³-hybridized carbons (Fsp3) is 0.300. The van der Waals surface area contributed by atoms with Crippen LogP contribution in [-0.4, -0.2) is 16.3 Å². The summed E-state index contributed by atoms with van der Waals surface area (Å²) < 4.78 is 1.80. The SMILES string of the molecule is CSN(S)C(CC=O)c1ccccc1. The third-order valence-corrected chi connectivity index (χ3v) is 3.35. The maximum Gasteiger partial charge on any atom is 0.121 e. The van der Waals surface area contributed by atoms with Crippen molar-refractivity contribution < 1.29 is 4.79 Å². The molecular weight excluding hydrogens is 214 g/mol. The summed E-state index contributed by atoms with van der Waals surface area (Å²) >= 11 is 5.81. The molecule has 76 valence electrons. The van der Waals surface area contributed by atoms with E-state index in [1.54, 1.807) is 3.71 Å². The quantitative estimate of drug-likeness (QED) is 0.474. The van der Waals surface area contributed by atoms with Crippen molar-refractivity contribution in [2.24, 2.45) is 0 Å². The molecule has 1 rings (SSSR count). The number of hydrogen-bond donors (Lipinski definition) is 1. The van der Waals surface area contributed by atoms with Gasteiger partial charge in [0.15, 0.2) is 0 Å². The molecule has 14 heavy (non-hydrogen) atoms. The van der Waals surface area contributed by atoms with E-state index < -0.39 is 0 Å². The Balaban J connectivity index is 2.82. The van der Waals surface area contributed by atoms with Crippen molar-refractivity contribution >= 4 is 31.0 Å². The van der Waals surface area contributed by atoms with E-state index in [-0.39, 0.29) is 6.04 Å². The van der Waals surface area contributed by atoms with Crippen LogP contribution < -0.4 is 0 Å². The molecule has 0 saturated heterocycles. The first-order valence-corrected chi connectivity index (χ1v) is 5.88. The predicted molar refractivity (Wildman–Crippen MR) is 64.2 cm³/mol. The standard InChI is InChI=1S/C10H13NOS2/c1-14-11(13)10(7-8-12)9-5-3-2-4-6-9/h2-6,8,10,13H,7H2,1H3. The molecule has 1 unspecified atom stereocenters. The van der Waals surface area contributed by atoms with Crippen LogP contribution in [0.2, 0.25) is 0 Å². The molecule has 0 amide bonds. The molecule has 1 aromatic carbocycles. The number of thiol groups is 1. The highest BCUT2D eigenvalue weighted by Gasteiger charge is 2.16. The first-order chi connectivity index (χ1) is 6.79. The van der Waals surface area contributed by atoms with Crippen LogP contribution in [0, 0.1) is 0 Å². The van der Waals surface area contributed by atoms with E-state index in [4.69, 9.17) is 0 Å². The molecule has 0 N–H and O–H groups in total. The third kappa shape index (κ3) is 3.04. The number of benzene rings is 1. The van der Waals surface area contributed by atoms with Crippen molar-refractivity contribution in [2.45, 2.75) is 12.5 Å². The summed E-state index contributed by atoms with van der Waals surface area (Å²) in [4.78, 5) is 10.5. The fourth-order valence-electron chi connectivity index (χ4n) is 1.25. The number of aldehydes is 1. The highest BCUT2D eigenvalue weighted by atomic mass is 32.2. The van der Waals surface area contributed by atoms with Crippen LogP contribution in [0.1, 0.15) is 18.0 Å². The molecule has 1 atom stereocenters. The number of carbonyl (C=O) groups excluding carboxylic acids is 1. The lowest BCUT2D eigenvalue weighted by atomic mass is 10.1. The second kappa shape index (κ2) is 6.11. The van der Waals surface area contributed by atoms with Crippen LogP contribution in [0.5, 0.6) is 0 Å². The molecule has 0 fully saturated rings. The van der Waals surface area contributed by atoms with Gasteiger partial charge in [-0.1, -0.05) is 55.1 Å².